The van der Waals surface area contributed by atoms with Gasteiger partial charge in [-0.15, -0.1) is 0 Å². The molecule has 0 spiro atoms. The highest BCUT2D eigenvalue weighted by Crippen LogP contribution is 2.22. The van der Waals surface area contributed by atoms with Crippen molar-refractivity contribution in [2.24, 2.45) is 0 Å². The molecule has 0 radical (unpaired) electrons. The predicted octanol–water partition coefficient (Wildman–Crippen LogP) is 5.95. The van der Waals surface area contributed by atoms with E-state index in [0.29, 0.717) is 39.1 Å². The maximum atomic E-state index is 6.23. The lowest BCUT2D eigenvalue weighted by Gasteiger charge is -2.07. The van der Waals surface area contributed by atoms with Gasteiger partial charge in [0.25, 0.3) is 0 Å². The quantitative estimate of drug-likeness (QED) is 0.327. The largest absolute Gasteiger partial charge is 0.330 e. The summed E-state index contributed by atoms with van der Waals surface area (Å²) in [6, 6.07) is 14.9. The van der Waals surface area contributed by atoms with E-state index in [9.17, 15) is 0 Å². The number of hydrogen-bond acceptors (Lipinski definition) is 3. The first-order valence-electron chi connectivity index (χ1n) is 9.27. The summed E-state index contributed by atoms with van der Waals surface area (Å²) in [5.74, 6) is 0.639. The Kier molecular flexibility index (Phi) is 6.77. The lowest BCUT2D eigenvalue weighted by Crippen LogP contribution is -2.19. The van der Waals surface area contributed by atoms with E-state index >= 15 is 0 Å². The normalized spacial score (nSPS) is 10.8. The first-order valence-corrected chi connectivity index (χ1v) is 10.8. The molecule has 0 aliphatic heterocycles. The fourth-order valence-corrected chi connectivity index (χ4v) is 3.86. The summed E-state index contributed by atoms with van der Waals surface area (Å²) < 4.78 is 3.57. The molecule has 0 aliphatic carbocycles. The van der Waals surface area contributed by atoms with Crippen molar-refractivity contribution in [3.63, 3.8) is 0 Å². The minimum atomic E-state index is 0.414. The van der Waals surface area contributed by atoms with E-state index in [1.807, 2.05) is 53.5 Å². The summed E-state index contributed by atoms with van der Waals surface area (Å²) >= 11 is 23.6. The Hall–Kier alpha value is -2.58. The highest BCUT2D eigenvalue weighted by molar-refractivity contribution is 7.80. The zero-order valence-corrected chi connectivity index (χ0v) is 19.2. The van der Waals surface area contributed by atoms with Gasteiger partial charge in [-0.05, 0) is 47.6 Å². The second-order valence-corrected chi connectivity index (χ2v) is 8.46. The first-order chi connectivity index (χ1) is 14.9. The van der Waals surface area contributed by atoms with E-state index in [4.69, 9.17) is 47.0 Å². The van der Waals surface area contributed by atoms with Gasteiger partial charge in [-0.1, -0.05) is 53.0 Å². The lowest BCUT2D eigenvalue weighted by molar-refractivity contribution is 0.687. The molecule has 0 fully saturated rings. The Morgan fingerprint density at radius 2 is 1.77 bits per heavy atom. The van der Waals surface area contributed by atoms with E-state index in [1.54, 1.807) is 23.0 Å². The molecule has 0 aliphatic rings. The molecular weight excluding hydrogens is 475 g/mol. The van der Waals surface area contributed by atoms with Crippen LogP contribution in [0.25, 0.3) is 0 Å². The highest BCUT2D eigenvalue weighted by atomic mass is 35.5. The molecule has 2 heterocycles. The van der Waals surface area contributed by atoms with Gasteiger partial charge in [0, 0.05) is 33.5 Å². The van der Waals surface area contributed by atoms with Crippen molar-refractivity contribution in [2.75, 3.05) is 10.6 Å². The molecule has 2 N–H and O–H groups in total. The van der Waals surface area contributed by atoms with Crippen molar-refractivity contribution < 1.29 is 0 Å². The summed E-state index contributed by atoms with van der Waals surface area (Å²) in [5.41, 5.74) is 2.74. The van der Waals surface area contributed by atoms with Gasteiger partial charge in [-0.3, -0.25) is 9.36 Å². The number of thiocarbonyl (C=S) groups is 1. The molecule has 0 amide bonds. The second-order valence-electron chi connectivity index (χ2n) is 6.77. The summed E-state index contributed by atoms with van der Waals surface area (Å²) in [7, 11) is 0. The second kappa shape index (κ2) is 9.70. The van der Waals surface area contributed by atoms with Gasteiger partial charge in [0.1, 0.15) is 0 Å². The number of halogens is 3. The number of nitrogens with zero attached hydrogens (tertiary/aromatic N) is 4. The minimum absolute atomic E-state index is 0.414. The van der Waals surface area contributed by atoms with Crippen molar-refractivity contribution in [1.82, 2.24) is 19.6 Å². The average Bonchev–Trinajstić information content (AvgIpc) is 3.33. The van der Waals surface area contributed by atoms with Crippen molar-refractivity contribution in [3.8, 4) is 0 Å². The Balaban J connectivity index is 1.33. The van der Waals surface area contributed by atoms with Gasteiger partial charge in [0.05, 0.1) is 25.0 Å². The highest BCUT2D eigenvalue weighted by Gasteiger charge is 2.07. The van der Waals surface area contributed by atoms with Crippen LogP contribution in [0.5, 0.6) is 0 Å². The van der Waals surface area contributed by atoms with Crippen LogP contribution < -0.4 is 10.6 Å². The average molecular weight is 492 g/mol. The Morgan fingerprint density at radius 1 is 0.935 bits per heavy atom. The molecular formula is C21H17Cl3N6S. The molecule has 10 heteroatoms. The maximum absolute atomic E-state index is 6.23. The third kappa shape index (κ3) is 5.98. The lowest BCUT2D eigenvalue weighted by atomic mass is 10.2. The Morgan fingerprint density at radius 3 is 2.58 bits per heavy atom. The van der Waals surface area contributed by atoms with Gasteiger partial charge in [-0.25, -0.2) is 0 Å². The standard InChI is InChI=1S/C21H17Cl3N6S/c22-16-3-1-2-14(8-16)11-29-7-6-20(28-29)27-21(31)26-18-10-25-30(13-18)12-15-4-5-17(23)9-19(15)24/h1-10,13H,11-12H2,(H2,26,27,28,31). The van der Waals surface area contributed by atoms with Crippen LogP contribution in [0.3, 0.4) is 0 Å². The molecule has 6 nitrogen and oxygen atoms in total. The van der Waals surface area contributed by atoms with Crippen LogP contribution >= 0.6 is 47.0 Å². The zero-order valence-electron chi connectivity index (χ0n) is 16.1. The molecule has 2 aromatic heterocycles. The number of hydrogen-bond donors (Lipinski definition) is 2. The predicted molar refractivity (Wildman–Crippen MR) is 130 cm³/mol. The van der Waals surface area contributed by atoms with Gasteiger partial charge >= 0.3 is 0 Å². The van der Waals surface area contributed by atoms with Gasteiger partial charge in [0.15, 0.2) is 10.9 Å². The van der Waals surface area contributed by atoms with Crippen LogP contribution in [0.1, 0.15) is 11.1 Å². The topological polar surface area (TPSA) is 59.7 Å². The van der Waals surface area contributed by atoms with Crippen LogP contribution in [-0.2, 0) is 13.1 Å². The molecule has 158 valence electrons. The molecule has 4 aromatic rings. The van der Waals surface area contributed by atoms with E-state index in [2.05, 4.69) is 20.8 Å². The molecule has 2 aromatic carbocycles. The van der Waals surface area contributed by atoms with Crippen molar-refractivity contribution in [3.05, 3.63) is 93.3 Å². The van der Waals surface area contributed by atoms with Crippen molar-refractivity contribution >= 4 is 63.6 Å². The van der Waals surface area contributed by atoms with Crippen LogP contribution in [0.4, 0.5) is 11.5 Å². The number of benzene rings is 2. The zero-order chi connectivity index (χ0) is 21.8. The van der Waals surface area contributed by atoms with Crippen LogP contribution in [0.2, 0.25) is 15.1 Å². The maximum Gasteiger partial charge on any atom is 0.176 e. The molecule has 0 bridgehead atoms. The summed E-state index contributed by atoms with van der Waals surface area (Å²) in [4.78, 5) is 0. The fraction of sp³-hybridized carbons (Fsp3) is 0.0952. The molecule has 0 saturated carbocycles. The Bertz CT molecular complexity index is 1220. The van der Waals surface area contributed by atoms with Gasteiger partial charge < -0.3 is 10.6 Å². The van der Waals surface area contributed by atoms with Crippen molar-refractivity contribution in [2.45, 2.75) is 13.1 Å². The molecule has 0 unspecified atom stereocenters. The number of anilines is 2. The summed E-state index contributed by atoms with van der Waals surface area (Å²) in [6.45, 7) is 1.13. The van der Waals surface area contributed by atoms with E-state index in [0.717, 1.165) is 16.8 Å². The van der Waals surface area contributed by atoms with Gasteiger partial charge in [-0.2, -0.15) is 10.2 Å². The first kappa shape index (κ1) is 21.6. The monoisotopic (exact) mass is 490 g/mol. The molecule has 4 rings (SSSR count). The smallest absolute Gasteiger partial charge is 0.176 e. The molecule has 31 heavy (non-hydrogen) atoms. The van der Waals surface area contributed by atoms with Crippen LogP contribution in [-0.4, -0.2) is 24.7 Å². The third-order valence-corrected chi connectivity index (χ3v) is 5.38. The van der Waals surface area contributed by atoms with Gasteiger partial charge in [0.2, 0.25) is 0 Å². The van der Waals surface area contributed by atoms with E-state index in [1.165, 1.54) is 0 Å². The number of rotatable bonds is 6. The summed E-state index contributed by atoms with van der Waals surface area (Å²) in [5, 5.41) is 17.3. The third-order valence-electron chi connectivity index (χ3n) is 4.35. The minimum Gasteiger partial charge on any atom is -0.330 e. The SMILES string of the molecule is S=C(Nc1cnn(Cc2ccc(Cl)cc2Cl)c1)Nc1ccn(Cc2cccc(Cl)c2)n1. The van der Waals surface area contributed by atoms with Crippen LogP contribution in [0.15, 0.2) is 67.1 Å². The Labute approximate surface area is 199 Å². The molecule has 0 saturated heterocycles. The number of aromatic nitrogens is 4. The van der Waals surface area contributed by atoms with E-state index < -0.39 is 0 Å². The fourth-order valence-electron chi connectivity index (χ4n) is 2.96. The number of nitrogens with one attached hydrogen (secondary N) is 2. The molecule has 0 atom stereocenters. The van der Waals surface area contributed by atoms with Crippen LogP contribution in [0, 0.1) is 0 Å². The van der Waals surface area contributed by atoms with E-state index in [-0.39, 0.29) is 0 Å². The van der Waals surface area contributed by atoms with Crippen molar-refractivity contribution in [1.29, 1.82) is 0 Å². The summed E-state index contributed by atoms with van der Waals surface area (Å²) in [6.07, 6.45) is 5.41.